The Morgan fingerprint density at radius 2 is 1.81 bits per heavy atom. The van der Waals surface area contributed by atoms with Crippen LogP contribution in [-0.4, -0.2) is 67.7 Å². The van der Waals surface area contributed by atoms with Gasteiger partial charge in [0.1, 0.15) is 28.2 Å². The number of ketones is 1. The Hall–Kier alpha value is -3.83. The minimum absolute atomic E-state index is 0.121. The number of rotatable bonds is 7. The number of hydrogen-bond acceptors (Lipinski definition) is 8. The Bertz CT molecular complexity index is 1560. The van der Waals surface area contributed by atoms with E-state index in [1.165, 1.54) is 19.9 Å². The van der Waals surface area contributed by atoms with Crippen molar-refractivity contribution >= 4 is 51.1 Å². The van der Waals surface area contributed by atoms with E-state index in [9.17, 15) is 14.4 Å². The highest BCUT2D eigenvalue weighted by Crippen LogP contribution is 2.30. The smallest absolute Gasteiger partial charge is 0.212 e. The van der Waals surface area contributed by atoms with E-state index in [-0.39, 0.29) is 12.3 Å². The van der Waals surface area contributed by atoms with Gasteiger partial charge in [0, 0.05) is 42.9 Å². The predicted molar refractivity (Wildman–Crippen MR) is 173 cm³/mol. The lowest BCUT2D eigenvalue weighted by atomic mass is 9.99. The Kier molecular flexibility index (Phi) is 12.2. The zero-order valence-electron chi connectivity index (χ0n) is 25.9. The molecular formula is C32H40BrN7O3. The highest BCUT2D eigenvalue weighted by atomic mass is 79.9. The van der Waals surface area contributed by atoms with Crippen molar-refractivity contribution in [2.75, 3.05) is 18.9 Å². The van der Waals surface area contributed by atoms with Crippen LogP contribution in [0.2, 0.25) is 0 Å². The van der Waals surface area contributed by atoms with Gasteiger partial charge in [-0.15, -0.1) is 0 Å². The molecule has 1 N–H and O–H groups in total. The molecule has 228 valence electrons. The number of fused-ring (bicyclic) bond motifs is 1. The molecule has 1 saturated heterocycles. The van der Waals surface area contributed by atoms with E-state index >= 15 is 0 Å². The maximum atomic E-state index is 12.0. The molecule has 1 fully saturated rings. The van der Waals surface area contributed by atoms with Crippen LogP contribution in [0.4, 0.5) is 5.82 Å². The number of aryl methyl sites for hydroxylation is 3. The zero-order chi connectivity index (χ0) is 31.7. The second-order valence-electron chi connectivity index (χ2n) is 10.8. The van der Waals surface area contributed by atoms with E-state index in [2.05, 4.69) is 67.1 Å². The average Bonchev–Trinajstić information content (AvgIpc) is 3.49. The Morgan fingerprint density at radius 3 is 2.33 bits per heavy atom. The van der Waals surface area contributed by atoms with Gasteiger partial charge in [0.05, 0.1) is 12.1 Å². The van der Waals surface area contributed by atoms with Crippen molar-refractivity contribution in [3.8, 4) is 11.1 Å². The van der Waals surface area contributed by atoms with Crippen LogP contribution < -0.4 is 5.32 Å². The third-order valence-electron chi connectivity index (χ3n) is 7.35. The standard InChI is InChI=1S/C18H18N4O2.C7H7BrN2O.C7H15N/c1-4-13-7-14(15-9-19-12(3)20-10-15)8-16-17(11(2)24)21-22(5-6-23)18(13)16;1-5-2-3-6(8)10-7(5)9-4-11;1-6-4-7(2)8(3)5-6/h6-10H,4-5H2,1-3H3;2-4H,1H3,(H,9,10,11);6-7H,4-5H2,1-3H3. The maximum absolute atomic E-state index is 12.0. The van der Waals surface area contributed by atoms with Crippen LogP contribution in [0.15, 0.2) is 41.3 Å². The normalized spacial score (nSPS) is 16.1. The number of likely N-dealkylation sites (tertiary alicyclic amines) is 1. The number of amides is 1. The second-order valence-corrected chi connectivity index (χ2v) is 11.7. The van der Waals surface area contributed by atoms with Gasteiger partial charge in [-0.05, 0) is 97.4 Å². The topological polar surface area (TPSA) is 123 Å². The quantitative estimate of drug-likeness (QED) is 0.151. The molecule has 2 atom stereocenters. The van der Waals surface area contributed by atoms with Crippen LogP contribution in [0.5, 0.6) is 0 Å². The summed E-state index contributed by atoms with van der Waals surface area (Å²) >= 11 is 3.20. The molecule has 0 saturated carbocycles. The molecule has 2 unspecified atom stereocenters. The zero-order valence-corrected chi connectivity index (χ0v) is 27.5. The molecule has 43 heavy (non-hydrogen) atoms. The SMILES string of the molecule is CC1CC(C)N(C)C1.CCc1cc(-c2cnc(C)nc2)cc2c(C(C)=O)nn(CC=O)c12.Cc1ccc(Br)nc1NC=O. The number of carbonyl (C=O) groups is 3. The number of aldehydes is 1. The number of aromatic nitrogens is 5. The largest absolute Gasteiger partial charge is 0.313 e. The van der Waals surface area contributed by atoms with Crippen molar-refractivity contribution in [3.05, 3.63) is 63.9 Å². The number of halogens is 1. The van der Waals surface area contributed by atoms with E-state index in [1.807, 2.05) is 45.0 Å². The van der Waals surface area contributed by atoms with Gasteiger partial charge in [-0.3, -0.25) is 14.3 Å². The highest BCUT2D eigenvalue weighted by molar-refractivity contribution is 9.10. The molecule has 1 aliphatic heterocycles. The number of nitrogens with zero attached hydrogens (tertiary/aromatic N) is 6. The summed E-state index contributed by atoms with van der Waals surface area (Å²) < 4.78 is 2.32. The molecule has 0 spiro atoms. The molecule has 11 heteroatoms. The number of carbonyl (C=O) groups excluding carboxylic acids is 3. The van der Waals surface area contributed by atoms with Gasteiger partial charge >= 0.3 is 0 Å². The molecule has 4 heterocycles. The van der Waals surface area contributed by atoms with Crippen LogP contribution in [0.25, 0.3) is 22.0 Å². The number of anilines is 1. The monoisotopic (exact) mass is 649 g/mol. The summed E-state index contributed by atoms with van der Waals surface area (Å²) in [6, 6.07) is 8.50. The molecule has 1 aliphatic rings. The summed E-state index contributed by atoms with van der Waals surface area (Å²) in [4.78, 5) is 47.9. The van der Waals surface area contributed by atoms with E-state index in [0.29, 0.717) is 28.3 Å². The molecule has 0 bridgehead atoms. The first kappa shape index (κ1) is 33.7. The maximum Gasteiger partial charge on any atom is 0.212 e. The predicted octanol–water partition coefficient (Wildman–Crippen LogP) is 5.83. The summed E-state index contributed by atoms with van der Waals surface area (Å²) in [5.74, 6) is 2.10. The summed E-state index contributed by atoms with van der Waals surface area (Å²) in [6.45, 7) is 13.3. The summed E-state index contributed by atoms with van der Waals surface area (Å²) in [5, 5.41) is 7.60. The molecular weight excluding hydrogens is 610 g/mol. The van der Waals surface area contributed by atoms with Crippen LogP contribution in [0.1, 0.15) is 61.6 Å². The first-order valence-corrected chi connectivity index (χ1v) is 15.1. The average molecular weight is 651 g/mol. The molecule has 5 rings (SSSR count). The molecule has 3 aromatic heterocycles. The molecule has 1 aromatic carbocycles. The van der Waals surface area contributed by atoms with Gasteiger partial charge in [-0.1, -0.05) is 19.9 Å². The lowest BCUT2D eigenvalue weighted by Gasteiger charge is -2.12. The second kappa shape index (κ2) is 15.6. The summed E-state index contributed by atoms with van der Waals surface area (Å²) in [7, 11) is 2.20. The third-order valence-corrected chi connectivity index (χ3v) is 7.79. The number of hydrogen-bond donors (Lipinski definition) is 1. The molecule has 0 aliphatic carbocycles. The Labute approximate surface area is 261 Å². The lowest BCUT2D eigenvalue weighted by molar-refractivity contribution is -0.108. The van der Waals surface area contributed by atoms with E-state index < -0.39 is 0 Å². The van der Waals surface area contributed by atoms with Crippen molar-refractivity contribution in [3.63, 3.8) is 0 Å². The van der Waals surface area contributed by atoms with E-state index in [1.54, 1.807) is 17.1 Å². The fraction of sp³-hybridized carbons (Fsp3) is 0.406. The Balaban J connectivity index is 0.000000218. The van der Waals surface area contributed by atoms with Gasteiger partial charge in [0.2, 0.25) is 6.41 Å². The van der Waals surface area contributed by atoms with Crippen LogP contribution >= 0.6 is 15.9 Å². The van der Waals surface area contributed by atoms with Crippen molar-refractivity contribution in [1.29, 1.82) is 0 Å². The number of pyridine rings is 1. The van der Waals surface area contributed by atoms with Crippen LogP contribution in [0, 0.1) is 19.8 Å². The minimum atomic E-state index is -0.121. The number of nitrogens with one attached hydrogen (secondary N) is 1. The number of benzene rings is 1. The van der Waals surface area contributed by atoms with Crippen molar-refractivity contribution in [1.82, 2.24) is 29.6 Å². The van der Waals surface area contributed by atoms with Gasteiger partial charge in [0.15, 0.2) is 5.78 Å². The van der Waals surface area contributed by atoms with Gasteiger partial charge in [-0.25, -0.2) is 15.0 Å². The van der Waals surface area contributed by atoms with E-state index in [0.717, 1.165) is 57.8 Å². The summed E-state index contributed by atoms with van der Waals surface area (Å²) in [5.41, 5.74) is 5.02. The van der Waals surface area contributed by atoms with Crippen LogP contribution in [-0.2, 0) is 22.6 Å². The fourth-order valence-corrected chi connectivity index (χ4v) is 5.37. The van der Waals surface area contributed by atoms with Crippen molar-refractivity contribution in [2.24, 2.45) is 5.92 Å². The van der Waals surface area contributed by atoms with Crippen molar-refractivity contribution < 1.29 is 14.4 Å². The van der Waals surface area contributed by atoms with Crippen LogP contribution in [0.3, 0.4) is 0 Å². The first-order chi connectivity index (χ1) is 20.5. The molecule has 4 aromatic rings. The lowest BCUT2D eigenvalue weighted by Crippen LogP contribution is -2.21. The number of Topliss-reactive ketones (excluding diaryl/α,β-unsaturated/α-hetero) is 1. The highest BCUT2D eigenvalue weighted by Gasteiger charge is 2.22. The third kappa shape index (κ3) is 8.84. The fourth-order valence-electron chi connectivity index (χ4n) is 5.06. The van der Waals surface area contributed by atoms with Gasteiger partial charge in [0.25, 0.3) is 0 Å². The minimum Gasteiger partial charge on any atom is -0.313 e. The van der Waals surface area contributed by atoms with Gasteiger partial charge < -0.3 is 15.0 Å². The summed E-state index contributed by atoms with van der Waals surface area (Å²) in [6.07, 6.45) is 7.09. The first-order valence-electron chi connectivity index (χ1n) is 14.3. The molecule has 0 radical (unpaired) electrons. The Morgan fingerprint density at radius 1 is 1.12 bits per heavy atom. The van der Waals surface area contributed by atoms with E-state index in [4.69, 9.17) is 0 Å². The van der Waals surface area contributed by atoms with Crippen molar-refractivity contribution in [2.45, 2.75) is 67.0 Å². The molecule has 1 amide bonds. The molecule has 10 nitrogen and oxygen atoms in total. The van der Waals surface area contributed by atoms with Gasteiger partial charge in [-0.2, -0.15) is 5.10 Å².